The average molecular weight is 502 g/mol. The monoisotopic (exact) mass is 501 g/mol. The molecule has 36 heavy (non-hydrogen) atoms. The number of aromatic nitrogens is 2. The van der Waals surface area contributed by atoms with Gasteiger partial charge in [-0.15, -0.1) is 5.10 Å². The third kappa shape index (κ3) is 4.46. The first kappa shape index (κ1) is 24.3. The summed E-state index contributed by atoms with van der Waals surface area (Å²) in [5.41, 5.74) is 0.125. The lowest BCUT2D eigenvalue weighted by atomic mass is 9.52. The molecule has 2 N–H and O–H groups in total. The molecule has 3 aliphatic rings. The summed E-state index contributed by atoms with van der Waals surface area (Å²) >= 11 is 0. The molecule has 9 nitrogen and oxygen atoms in total. The summed E-state index contributed by atoms with van der Waals surface area (Å²) in [6, 6.07) is 1.96. The van der Waals surface area contributed by atoms with E-state index in [1.165, 1.54) is 24.2 Å². The minimum Gasteiger partial charge on any atom is -0.408 e. The van der Waals surface area contributed by atoms with Gasteiger partial charge in [-0.1, -0.05) is 24.9 Å². The number of halogens is 2. The van der Waals surface area contributed by atoms with Crippen molar-refractivity contribution in [2.45, 2.75) is 76.2 Å². The highest BCUT2D eigenvalue weighted by Gasteiger charge is 2.50. The van der Waals surface area contributed by atoms with Crippen molar-refractivity contribution in [2.24, 2.45) is 5.41 Å². The molecule has 2 saturated carbocycles. The summed E-state index contributed by atoms with van der Waals surface area (Å²) in [6.07, 6.45) is 6.92. The maximum atomic E-state index is 15.0. The summed E-state index contributed by atoms with van der Waals surface area (Å²) in [6.45, 7) is 1.93. The Morgan fingerprint density at radius 2 is 2.00 bits per heavy atom. The van der Waals surface area contributed by atoms with Crippen LogP contribution in [-0.4, -0.2) is 41.0 Å². The van der Waals surface area contributed by atoms with Crippen LogP contribution in [-0.2, 0) is 14.4 Å². The molecule has 3 amide bonds. The van der Waals surface area contributed by atoms with Gasteiger partial charge in [-0.2, -0.15) is 0 Å². The number of hydrogen-bond acceptors (Lipinski definition) is 7. The van der Waals surface area contributed by atoms with Crippen LogP contribution in [0.25, 0.3) is 0 Å². The molecule has 2 aliphatic carbocycles. The van der Waals surface area contributed by atoms with Gasteiger partial charge in [-0.3, -0.25) is 19.7 Å². The number of hydrogen-bond donors (Lipinski definition) is 2. The number of imide groups is 1. The Morgan fingerprint density at radius 1 is 1.28 bits per heavy atom. The predicted octanol–water partition coefficient (Wildman–Crippen LogP) is 3.77. The van der Waals surface area contributed by atoms with Crippen molar-refractivity contribution in [3.63, 3.8) is 0 Å². The first-order valence-electron chi connectivity index (χ1n) is 12.5. The average Bonchev–Trinajstić information content (AvgIpc) is 3.37. The van der Waals surface area contributed by atoms with Crippen molar-refractivity contribution in [2.75, 3.05) is 16.8 Å². The Kier molecular flexibility index (Phi) is 6.48. The second kappa shape index (κ2) is 9.59. The molecule has 2 heterocycles. The molecule has 192 valence electrons. The first-order chi connectivity index (χ1) is 17.3. The van der Waals surface area contributed by atoms with Crippen LogP contribution in [0, 0.1) is 17.0 Å². The Morgan fingerprint density at radius 3 is 2.61 bits per heavy atom. The third-order valence-corrected chi connectivity index (χ3v) is 7.83. The van der Waals surface area contributed by atoms with Crippen LogP contribution < -0.4 is 15.5 Å². The van der Waals surface area contributed by atoms with Gasteiger partial charge in [0.1, 0.15) is 11.6 Å². The zero-order valence-electron chi connectivity index (χ0n) is 20.1. The zero-order valence-corrected chi connectivity index (χ0v) is 20.1. The van der Waals surface area contributed by atoms with Gasteiger partial charge in [-0.25, -0.2) is 8.78 Å². The van der Waals surface area contributed by atoms with Gasteiger partial charge < -0.3 is 14.6 Å². The number of anilines is 2. The third-order valence-electron chi connectivity index (χ3n) is 7.83. The fourth-order valence-corrected chi connectivity index (χ4v) is 5.85. The molecular formula is C25H29F2N5O4. The van der Waals surface area contributed by atoms with Crippen LogP contribution in [0.15, 0.2) is 16.5 Å². The molecule has 1 aliphatic heterocycles. The van der Waals surface area contributed by atoms with E-state index in [2.05, 4.69) is 15.5 Å². The second-order valence-corrected chi connectivity index (χ2v) is 10.2. The van der Waals surface area contributed by atoms with Crippen LogP contribution in [0.1, 0.15) is 81.6 Å². The topological polar surface area (TPSA) is 117 Å². The van der Waals surface area contributed by atoms with Crippen LogP contribution in [0.3, 0.4) is 0 Å². The van der Waals surface area contributed by atoms with Crippen LogP contribution >= 0.6 is 0 Å². The standard InChI is InChI=1S/C25H29F2N5O4/c1-2-4-17(22(35)28-13-33)21-18(26)8-16(9-19(21)27)32-12-15(7-20(32)34)29-24-31-30-23(36-24)14-10-25(11-14)5-3-6-25/h8-9,13-15,17H,2-7,10-12H2,1H3,(H,29,31)(H,28,33,35). The largest absolute Gasteiger partial charge is 0.408 e. The van der Waals surface area contributed by atoms with E-state index < -0.39 is 29.0 Å². The van der Waals surface area contributed by atoms with Gasteiger partial charge in [0.25, 0.3) is 0 Å². The fraction of sp³-hybridized carbons (Fsp3) is 0.560. The van der Waals surface area contributed by atoms with Crippen molar-refractivity contribution >= 4 is 29.9 Å². The molecular weight excluding hydrogens is 472 g/mol. The normalized spacial score (nSPS) is 21.7. The highest BCUT2D eigenvalue weighted by molar-refractivity contribution is 5.97. The van der Waals surface area contributed by atoms with E-state index >= 15 is 8.78 Å². The lowest BCUT2D eigenvalue weighted by Gasteiger charge is -2.53. The molecule has 1 aromatic heterocycles. The number of carbonyl (C=O) groups is 3. The molecule has 0 radical (unpaired) electrons. The molecule has 0 bridgehead atoms. The molecule has 3 fully saturated rings. The van der Waals surface area contributed by atoms with Crippen molar-refractivity contribution in [1.29, 1.82) is 0 Å². The first-order valence-corrected chi connectivity index (χ1v) is 12.5. The predicted molar refractivity (Wildman–Crippen MR) is 125 cm³/mol. The SMILES string of the molecule is CCCC(C(=O)NC=O)c1c(F)cc(N2CC(Nc3nnc(C4CC5(CCC5)C4)o3)CC2=O)cc1F. The van der Waals surface area contributed by atoms with E-state index in [4.69, 9.17) is 4.42 Å². The molecule has 1 saturated heterocycles. The van der Waals surface area contributed by atoms with Crippen molar-refractivity contribution in [3.8, 4) is 0 Å². The van der Waals surface area contributed by atoms with E-state index in [0.717, 1.165) is 25.0 Å². The zero-order chi connectivity index (χ0) is 25.4. The Hall–Kier alpha value is -3.37. The van der Waals surface area contributed by atoms with E-state index in [1.807, 2.05) is 5.32 Å². The highest BCUT2D eigenvalue weighted by atomic mass is 19.1. The number of carbonyl (C=O) groups excluding carboxylic acids is 3. The molecule has 11 heteroatoms. The highest BCUT2D eigenvalue weighted by Crippen LogP contribution is 2.61. The summed E-state index contributed by atoms with van der Waals surface area (Å²) in [5.74, 6) is -3.24. The maximum Gasteiger partial charge on any atom is 0.315 e. The molecule has 1 aromatic carbocycles. The summed E-state index contributed by atoms with van der Waals surface area (Å²) < 4.78 is 35.8. The summed E-state index contributed by atoms with van der Waals surface area (Å²) in [7, 11) is 0. The minimum absolute atomic E-state index is 0.0561. The quantitative estimate of drug-likeness (QED) is 0.502. The van der Waals surface area contributed by atoms with Crippen LogP contribution in [0.2, 0.25) is 0 Å². The van der Waals surface area contributed by atoms with Crippen molar-refractivity contribution < 1.29 is 27.6 Å². The summed E-state index contributed by atoms with van der Waals surface area (Å²) in [5, 5.41) is 13.3. The number of amides is 3. The Labute approximate surface area is 207 Å². The minimum atomic E-state index is -1.15. The fourth-order valence-electron chi connectivity index (χ4n) is 5.85. The Balaban J connectivity index is 1.25. The number of benzene rings is 1. The Bertz CT molecular complexity index is 1150. The van der Waals surface area contributed by atoms with Crippen LogP contribution in [0.4, 0.5) is 20.5 Å². The van der Waals surface area contributed by atoms with E-state index in [-0.39, 0.29) is 55.4 Å². The number of nitrogens with zero attached hydrogens (tertiary/aromatic N) is 3. The molecule has 1 spiro atoms. The van der Waals surface area contributed by atoms with E-state index in [1.54, 1.807) is 6.92 Å². The van der Waals surface area contributed by atoms with Gasteiger partial charge in [-0.05, 0) is 49.7 Å². The smallest absolute Gasteiger partial charge is 0.315 e. The molecule has 2 atom stereocenters. The number of nitrogens with one attached hydrogen (secondary N) is 2. The van der Waals surface area contributed by atoms with Crippen molar-refractivity contribution in [1.82, 2.24) is 15.5 Å². The second-order valence-electron chi connectivity index (χ2n) is 10.2. The molecule has 2 aromatic rings. The van der Waals surface area contributed by atoms with Gasteiger partial charge in [0.05, 0.1) is 12.0 Å². The van der Waals surface area contributed by atoms with E-state index in [0.29, 0.717) is 17.7 Å². The number of rotatable bonds is 9. The lowest BCUT2D eigenvalue weighted by molar-refractivity contribution is -0.126. The van der Waals surface area contributed by atoms with Crippen molar-refractivity contribution in [3.05, 3.63) is 35.2 Å². The maximum absolute atomic E-state index is 15.0. The van der Waals surface area contributed by atoms with Crippen LogP contribution in [0.5, 0.6) is 0 Å². The van der Waals surface area contributed by atoms with E-state index in [9.17, 15) is 14.4 Å². The van der Waals surface area contributed by atoms with Gasteiger partial charge in [0.2, 0.25) is 24.1 Å². The summed E-state index contributed by atoms with van der Waals surface area (Å²) in [4.78, 5) is 36.8. The van der Waals surface area contributed by atoms with Gasteiger partial charge >= 0.3 is 6.01 Å². The van der Waals surface area contributed by atoms with Gasteiger partial charge in [0.15, 0.2) is 0 Å². The molecule has 2 unspecified atom stereocenters. The molecule has 5 rings (SSSR count). The van der Waals surface area contributed by atoms with Gasteiger partial charge in [0, 0.05) is 30.1 Å². The lowest BCUT2D eigenvalue weighted by Crippen LogP contribution is -2.41.